The second-order valence-corrected chi connectivity index (χ2v) is 4.47. The van der Waals surface area contributed by atoms with Gasteiger partial charge in [0.1, 0.15) is 11.9 Å². The fourth-order valence-corrected chi connectivity index (χ4v) is 1.68. The first-order valence-corrected chi connectivity index (χ1v) is 6.02. The van der Waals surface area contributed by atoms with Crippen LogP contribution in [0.25, 0.3) is 0 Å². The van der Waals surface area contributed by atoms with E-state index in [-0.39, 0.29) is 29.3 Å². The highest BCUT2D eigenvalue weighted by atomic mass is 35.5. The molecule has 0 aliphatic carbocycles. The number of nitrogens with zero attached hydrogens (tertiary/aromatic N) is 1. The highest BCUT2D eigenvalue weighted by Gasteiger charge is 2.18. The third-order valence-corrected chi connectivity index (χ3v) is 2.69. The summed E-state index contributed by atoms with van der Waals surface area (Å²) in [5.41, 5.74) is 6.30. The fraction of sp³-hybridized carbons (Fsp3) is 0.455. The van der Waals surface area contributed by atoms with Crippen LogP contribution in [0, 0.1) is 10.1 Å². The Labute approximate surface area is 128 Å². The average Bonchev–Trinajstić information content (AvgIpc) is 2.31. The summed E-state index contributed by atoms with van der Waals surface area (Å²) in [6, 6.07) is 2.82. The van der Waals surface area contributed by atoms with Crippen LogP contribution >= 0.6 is 24.0 Å². The molecular weight excluding hydrogens is 307 g/mol. The summed E-state index contributed by atoms with van der Waals surface area (Å²) in [6.45, 7) is 3.47. The molecule has 0 aliphatic heterocycles. The standard InChI is InChI=1S/C11H17ClN4O3.ClH/c1-6(13)14-10-5-9(15-7(2)19-3)8(12)4-11(10)16(17)18;/h4-7,14-15H,13H2,1-3H3;1H. The Bertz CT molecular complexity index is 471. The molecule has 4 N–H and O–H groups in total. The van der Waals surface area contributed by atoms with Gasteiger partial charge in [-0.15, -0.1) is 12.4 Å². The molecule has 1 rings (SSSR count). The Morgan fingerprint density at radius 1 is 1.35 bits per heavy atom. The van der Waals surface area contributed by atoms with E-state index in [0.29, 0.717) is 11.4 Å². The van der Waals surface area contributed by atoms with Crippen molar-refractivity contribution >= 4 is 41.1 Å². The zero-order valence-electron chi connectivity index (χ0n) is 11.3. The van der Waals surface area contributed by atoms with E-state index in [0.717, 1.165) is 0 Å². The number of hydrogen-bond acceptors (Lipinski definition) is 6. The Kier molecular flexibility index (Phi) is 7.59. The molecule has 1 aromatic carbocycles. The van der Waals surface area contributed by atoms with Gasteiger partial charge in [-0.1, -0.05) is 11.6 Å². The van der Waals surface area contributed by atoms with Gasteiger partial charge in [0, 0.05) is 13.2 Å². The predicted octanol–water partition coefficient (Wildman–Crippen LogP) is 2.79. The van der Waals surface area contributed by atoms with E-state index < -0.39 is 11.1 Å². The smallest absolute Gasteiger partial charge is 0.294 e. The van der Waals surface area contributed by atoms with Crippen LogP contribution in [0.3, 0.4) is 0 Å². The van der Waals surface area contributed by atoms with Gasteiger partial charge in [-0.2, -0.15) is 0 Å². The van der Waals surface area contributed by atoms with Crippen LogP contribution in [0.4, 0.5) is 17.1 Å². The van der Waals surface area contributed by atoms with Crippen LogP contribution in [0.2, 0.25) is 5.02 Å². The van der Waals surface area contributed by atoms with Crippen molar-refractivity contribution < 1.29 is 9.66 Å². The minimum absolute atomic E-state index is 0. The first kappa shape index (κ1) is 18.7. The molecule has 2 unspecified atom stereocenters. The van der Waals surface area contributed by atoms with Gasteiger partial charge in [0.25, 0.3) is 5.69 Å². The summed E-state index contributed by atoms with van der Waals surface area (Å²) in [5, 5.41) is 17.0. The maximum atomic E-state index is 11.0. The lowest BCUT2D eigenvalue weighted by Gasteiger charge is -2.17. The number of benzene rings is 1. The molecule has 0 saturated heterocycles. The maximum absolute atomic E-state index is 11.0. The van der Waals surface area contributed by atoms with Crippen molar-refractivity contribution in [3.05, 3.63) is 27.3 Å². The molecule has 0 amide bonds. The number of ether oxygens (including phenoxy) is 1. The summed E-state index contributed by atoms with van der Waals surface area (Å²) in [7, 11) is 1.54. The summed E-state index contributed by atoms with van der Waals surface area (Å²) >= 11 is 6.00. The van der Waals surface area contributed by atoms with Crippen molar-refractivity contribution in [1.29, 1.82) is 0 Å². The van der Waals surface area contributed by atoms with Gasteiger partial charge in [-0.3, -0.25) is 10.1 Å². The zero-order chi connectivity index (χ0) is 14.6. The average molecular weight is 325 g/mol. The third kappa shape index (κ3) is 5.01. The number of hydrogen-bond donors (Lipinski definition) is 3. The molecule has 0 aliphatic rings. The van der Waals surface area contributed by atoms with E-state index in [1.54, 1.807) is 19.9 Å². The van der Waals surface area contributed by atoms with Gasteiger partial charge >= 0.3 is 0 Å². The number of anilines is 2. The number of halogens is 2. The molecule has 2 atom stereocenters. The Balaban J connectivity index is 0.00000361. The molecule has 0 fully saturated rings. The van der Waals surface area contributed by atoms with Crippen LogP contribution in [0.5, 0.6) is 0 Å². The number of methoxy groups -OCH3 is 1. The lowest BCUT2D eigenvalue weighted by Crippen LogP contribution is -2.26. The Morgan fingerprint density at radius 3 is 2.40 bits per heavy atom. The van der Waals surface area contributed by atoms with E-state index in [1.807, 2.05) is 0 Å². The van der Waals surface area contributed by atoms with Crippen molar-refractivity contribution in [2.75, 3.05) is 17.7 Å². The van der Waals surface area contributed by atoms with Gasteiger partial charge in [0.05, 0.1) is 21.8 Å². The minimum Gasteiger partial charge on any atom is -0.365 e. The molecule has 20 heavy (non-hydrogen) atoms. The van der Waals surface area contributed by atoms with Gasteiger partial charge in [-0.05, 0) is 19.9 Å². The van der Waals surface area contributed by atoms with Crippen LogP contribution < -0.4 is 16.4 Å². The summed E-state index contributed by atoms with van der Waals surface area (Å²) in [4.78, 5) is 10.5. The number of nitro groups is 1. The monoisotopic (exact) mass is 324 g/mol. The second-order valence-electron chi connectivity index (χ2n) is 4.06. The molecule has 7 nitrogen and oxygen atoms in total. The molecule has 0 saturated carbocycles. The van der Waals surface area contributed by atoms with E-state index in [4.69, 9.17) is 22.1 Å². The van der Waals surface area contributed by atoms with E-state index in [1.165, 1.54) is 13.2 Å². The number of nitrogens with two attached hydrogens (primary N) is 1. The molecule has 0 radical (unpaired) electrons. The first-order chi connectivity index (χ1) is 8.85. The van der Waals surface area contributed by atoms with Crippen molar-refractivity contribution in [1.82, 2.24) is 0 Å². The second kappa shape index (κ2) is 8.11. The highest BCUT2D eigenvalue weighted by molar-refractivity contribution is 6.33. The van der Waals surface area contributed by atoms with E-state index in [2.05, 4.69) is 10.6 Å². The molecule has 114 valence electrons. The van der Waals surface area contributed by atoms with E-state index >= 15 is 0 Å². The van der Waals surface area contributed by atoms with Crippen LogP contribution in [-0.4, -0.2) is 24.4 Å². The van der Waals surface area contributed by atoms with Crippen LogP contribution in [-0.2, 0) is 4.74 Å². The highest BCUT2D eigenvalue weighted by Crippen LogP contribution is 2.34. The Hall–Kier alpha value is -1.28. The SMILES string of the molecule is COC(C)Nc1cc(NC(C)N)c([N+](=O)[O-])cc1Cl.Cl. The van der Waals surface area contributed by atoms with Gasteiger partial charge in [0.2, 0.25) is 0 Å². The quantitative estimate of drug-likeness (QED) is 0.422. The number of nitrogens with one attached hydrogen (secondary N) is 2. The van der Waals surface area contributed by atoms with Crippen LogP contribution in [0.1, 0.15) is 13.8 Å². The first-order valence-electron chi connectivity index (χ1n) is 5.64. The summed E-state index contributed by atoms with van der Waals surface area (Å²) in [6.07, 6.45) is -0.699. The molecular formula is C11H18Cl2N4O3. The van der Waals surface area contributed by atoms with E-state index in [9.17, 15) is 10.1 Å². The molecule has 0 bridgehead atoms. The fourth-order valence-electron chi connectivity index (χ4n) is 1.46. The van der Waals surface area contributed by atoms with Crippen molar-refractivity contribution in [2.45, 2.75) is 26.2 Å². The van der Waals surface area contributed by atoms with Gasteiger partial charge < -0.3 is 21.1 Å². The molecule has 9 heteroatoms. The lowest BCUT2D eigenvalue weighted by molar-refractivity contribution is -0.384. The predicted molar refractivity (Wildman–Crippen MR) is 82.7 cm³/mol. The largest absolute Gasteiger partial charge is 0.365 e. The zero-order valence-corrected chi connectivity index (χ0v) is 12.9. The molecule has 0 aromatic heterocycles. The lowest BCUT2D eigenvalue weighted by atomic mass is 10.2. The van der Waals surface area contributed by atoms with Crippen molar-refractivity contribution in [3.8, 4) is 0 Å². The summed E-state index contributed by atoms with van der Waals surface area (Å²) < 4.78 is 5.06. The minimum atomic E-state index is -0.514. The molecule has 0 spiro atoms. The Morgan fingerprint density at radius 2 is 1.95 bits per heavy atom. The summed E-state index contributed by atoms with van der Waals surface area (Å²) in [5.74, 6) is 0. The third-order valence-electron chi connectivity index (χ3n) is 2.38. The number of nitro benzene ring substituents is 1. The normalized spacial score (nSPS) is 13.1. The number of rotatable bonds is 6. The van der Waals surface area contributed by atoms with Gasteiger partial charge in [0.15, 0.2) is 0 Å². The van der Waals surface area contributed by atoms with Crippen LogP contribution in [0.15, 0.2) is 12.1 Å². The topological polar surface area (TPSA) is 102 Å². The molecule has 1 aromatic rings. The van der Waals surface area contributed by atoms with Crippen molar-refractivity contribution in [2.24, 2.45) is 5.73 Å². The van der Waals surface area contributed by atoms with Gasteiger partial charge in [-0.25, -0.2) is 0 Å². The molecule has 0 heterocycles. The maximum Gasteiger partial charge on any atom is 0.294 e. The van der Waals surface area contributed by atoms with Crippen molar-refractivity contribution in [3.63, 3.8) is 0 Å².